The van der Waals surface area contributed by atoms with Crippen LogP contribution in [0.3, 0.4) is 0 Å². The number of hydrogen-bond acceptors (Lipinski definition) is 4. The Balaban J connectivity index is 1.26. The van der Waals surface area contributed by atoms with Gasteiger partial charge < -0.3 is 4.42 Å². The Bertz CT molecular complexity index is 1090. The molecule has 2 saturated carbocycles. The molecule has 0 unspecified atom stereocenters. The van der Waals surface area contributed by atoms with Crippen LogP contribution in [0.2, 0.25) is 10.0 Å². The fraction of sp³-hybridized carbons (Fsp3) is 0.318. The molecule has 2 amide bonds. The van der Waals surface area contributed by atoms with E-state index in [9.17, 15) is 9.59 Å². The van der Waals surface area contributed by atoms with Crippen LogP contribution in [-0.2, 0) is 9.59 Å². The molecular formula is C22H16Cl2N2O3. The minimum Gasteiger partial charge on any atom is -0.455 e. The third-order valence-corrected chi connectivity index (χ3v) is 7.60. The van der Waals surface area contributed by atoms with Crippen LogP contribution < -0.4 is 0 Å². The van der Waals surface area contributed by atoms with Crippen LogP contribution in [-0.4, -0.2) is 23.0 Å². The summed E-state index contributed by atoms with van der Waals surface area (Å²) in [4.78, 5) is 25.9. The fourth-order valence-electron chi connectivity index (χ4n) is 5.43. The number of furan rings is 1. The molecule has 0 spiro atoms. The van der Waals surface area contributed by atoms with E-state index in [-0.39, 0.29) is 35.5 Å². The Kier molecular flexibility index (Phi) is 3.66. The van der Waals surface area contributed by atoms with Gasteiger partial charge in [0.05, 0.1) is 28.1 Å². The Hall–Kier alpha value is -2.37. The number of imide groups is 1. The summed E-state index contributed by atoms with van der Waals surface area (Å²) >= 11 is 12.3. The molecule has 1 aliphatic heterocycles. The summed E-state index contributed by atoms with van der Waals surface area (Å²) < 4.78 is 5.78. The Morgan fingerprint density at radius 3 is 2.38 bits per heavy atom. The first-order valence-corrected chi connectivity index (χ1v) is 10.4. The summed E-state index contributed by atoms with van der Waals surface area (Å²) in [5.74, 6) is 1.59. The largest absolute Gasteiger partial charge is 0.455 e. The highest BCUT2D eigenvalue weighted by Gasteiger charge is 2.67. The average Bonchev–Trinajstić information content (AvgIpc) is 3.36. The SMILES string of the molecule is O=C1[C@H]2[C@@H]3C=C[C@H]([C@H]4C[C@H]34)[C@@H]2C(=O)N1/N=C/c1ccc(-c2cccc(Cl)c2Cl)o1. The summed E-state index contributed by atoms with van der Waals surface area (Å²) in [7, 11) is 0. The summed E-state index contributed by atoms with van der Waals surface area (Å²) in [6.07, 6.45) is 6.84. The number of benzene rings is 1. The second-order valence-corrected chi connectivity index (χ2v) is 8.98. The molecule has 1 aromatic carbocycles. The summed E-state index contributed by atoms with van der Waals surface area (Å²) in [5.41, 5.74) is 0.667. The molecule has 5 aliphatic rings. The van der Waals surface area contributed by atoms with Crippen molar-refractivity contribution in [2.75, 3.05) is 0 Å². The fourth-order valence-corrected chi connectivity index (χ4v) is 5.82. The smallest absolute Gasteiger partial charge is 0.254 e. The molecule has 29 heavy (non-hydrogen) atoms. The first-order chi connectivity index (χ1) is 14.0. The standard InChI is InChI=1S/C22H16Cl2N2O3/c23-16-3-1-2-13(20(16)24)17-7-4-10(29-17)9-25-26-21(27)18-11-5-6-12(15-8-14(11)15)19(18)22(26)28/h1-7,9,11-12,14-15,18-19H,8H2/b25-9+/t11-,12-,14-,15-,18+,19+/m1/s1. The van der Waals surface area contributed by atoms with Crippen molar-refractivity contribution in [1.82, 2.24) is 5.01 Å². The van der Waals surface area contributed by atoms with Crippen LogP contribution in [0.25, 0.3) is 11.3 Å². The lowest BCUT2D eigenvalue weighted by Crippen LogP contribution is -2.40. The first-order valence-electron chi connectivity index (χ1n) is 9.69. The molecule has 2 aromatic rings. The van der Waals surface area contributed by atoms with Gasteiger partial charge in [0.15, 0.2) is 0 Å². The number of hydrogen-bond donors (Lipinski definition) is 0. The van der Waals surface area contributed by atoms with Crippen LogP contribution in [0.5, 0.6) is 0 Å². The Morgan fingerprint density at radius 2 is 1.69 bits per heavy atom. The summed E-state index contributed by atoms with van der Waals surface area (Å²) in [6.45, 7) is 0. The lowest BCUT2D eigenvalue weighted by atomic mass is 9.63. The molecule has 4 aliphatic carbocycles. The van der Waals surface area contributed by atoms with E-state index < -0.39 is 0 Å². The first kappa shape index (κ1) is 17.5. The number of rotatable bonds is 3. The minimum atomic E-state index is -0.254. The molecule has 2 bridgehead atoms. The highest BCUT2D eigenvalue weighted by atomic mass is 35.5. The predicted molar refractivity (Wildman–Crippen MR) is 108 cm³/mol. The molecule has 7 rings (SSSR count). The second kappa shape index (κ2) is 6.07. The zero-order valence-electron chi connectivity index (χ0n) is 15.2. The topological polar surface area (TPSA) is 62.9 Å². The molecule has 6 atom stereocenters. The van der Waals surface area contributed by atoms with E-state index in [1.165, 1.54) is 6.21 Å². The third kappa shape index (κ3) is 2.44. The summed E-state index contributed by atoms with van der Waals surface area (Å²) in [5, 5.41) is 6.08. The number of allylic oxidation sites excluding steroid dienone is 2. The van der Waals surface area contributed by atoms with Crippen molar-refractivity contribution in [3.8, 4) is 11.3 Å². The molecule has 5 nitrogen and oxygen atoms in total. The van der Waals surface area contributed by atoms with Crippen molar-refractivity contribution >= 4 is 41.2 Å². The quantitative estimate of drug-likeness (QED) is 0.407. The van der Waals surface area contributed by atoms with Gasteiger partial charge >= 0.3 is 0 Å². The monoisotopic (exact) mass is 426 g/mol. The van der Waals surface area contributed by atoms with Crippen LogP contribution in [0.15, 0.2) is 52.0 Å². The zero-order valence-corrected chi connectivity index (χ0v) is 16.7. The number of hydrazone groups is 1. The van der Waals surface area contributed by atoms with Gasteiger partial charge in [-0.25, -0.2) is 0 Å². The third-order valence-electron chi connectivity index (χ3n) is 6.78. The van der Waals surface area contributed by atoms with Gasteiger partial charge in [0.25, 0.3) is 11.8 Å². The van der Waals surface area contributed by atoms with Gasteiger partial charge in [0.2, 0.25) is 0 Å². The van der Waals surface area contributed by atoms with Gasteiger partial charge in [0.1, 0.15) is 11.5 Å². The maximum atomic E-state index is 12.9. The molecule has 0 N–H and O–H groups in total. The highest BCUT2D eigenvalue weighted by molar-refractivity contribution is 6.43. The van der Waals surface area contributed by atoms with E-state index >= 15 is 0 Å². The normalized spacial score (nSPS) is 34.2. The van der Waals surface area contributed by atoms with Crippen molar-refractivity contribution < 1.29 is 14.0 Å². The average molecular weight is 427 g/mol. The molecule has 146 valence electrons. The highest BCUT2D eigenvalue weighted by Crippen LogP contribution is 2.65. The summed E-state index contributed by atoms with van der Waals surface area (Å²) in [6, 6.07) is 8.77. The number of carbonyl (C=O) groups is 2. The number of halogens is 2. The van der Waals surface area contributed by atoms with E-state index in [0.29, 0.717) is 39.0 Å². The van der Waals surface area contributed by atoms with Crippen LogP contribution in [0.1, 0.15) is 12.2 Å². The minimum absolute atomic E-state index is 0.187. The molecule has 0 radical (unpaired) electrons. The lowest BCUT2D eigenvalue weighted by Gasteiger charge is -2.37. The van der Waals surface area contributed by atoms with E-state index in [4.69, 9.17) is 27.6 Å². The van der Waals surface area contributed by atoms with Crippen LogP contribution in [0, 0.1) is 35.5 Å². The lowest BCUT2D eigenvalue weighted by molar-refractivity contribution is -0.140. The molecule has 7 heteroatoms. The van der Waals surface area contributed by atoms with Gasteiger partial charge in [-0.3, -0.25) is 9.59 Å². The van der Waals surface area contributed by atoms with E-state index in [1.54, 1.807) is 30.3 Å². The van der Waals surface area contributed by atoms with Gasteiger partial charge in [-0.1, -0.05) is 41.4 Å². The van der Waals surface area contributed by atoms with Gasteiger partial charge in [-0.05, 0) is 54.4 Å². The maximum absolute atomic E-state index is 12.9. The van der Waals surface area contributed by atoms with Crippen LogP contribution >= 0.6 is 23.2 Å². The molecule has 1 aromatic heterocycles. The zero-order chi connectivity index (χ0) is 19.9. The van der Waals surface area contributed by atoms with Crippen LogP contribution in [0.4, 0.5) is 0 Å². The van der Waals surface area contributed by atoms with Crippen molar-refractivity contribution in [2.45, 2.75) is 6.42 Å². The molecule has 1 saturated heterocycles. The van der Waals surface area contributed by atoms with Gasteiger partial charge in [-0.15, -0.1) is 0 Å². The van der Waals surface area contributed by atoms with E-state index in [2.05, 4.69) is 17.3 Å². The van der Waals surface area contributed by atoms with Crippen molar-refractivity contribution in [3.05, 3.63) is 58.3 Å². The number of nitrogens with zero attached hydrogens (tertiary/aromatic N) is 2. The van der Waals surface area contributed by atoms with Crippen molar-refractivity contribution in [2.24, 2.45) is 40.6 Å². The molecule has 3 fully saturated rings. The van der Waals surface area contributed by atoms with Gasteiger partial charge in [0, 0.05) is 5.56 Å². The van der Waals surface area contributed by atoms with E-state index in [0.717, 1.165) is 11.4 Å². The Labute approximate surface area is 177 Å². The van der Waals surface area contributed by atoms with Gasteiger partial charge in [-0.2, -0.15) is 10.1 Å². The van der Waals surface area contributed by atoms with Crippen molar-refractivity contribution in [3.63, 3.8) is 0 Å². The maximum Gasteiger partial charge on any atom is 0.254 e. The van der Waals surface area contributed by atoms with E-state index in [1.807, 2.05) is 0 Å². The number of carbonyl (C=O) groups excluding carboxylic acids is 2. The number of amides is 2. The molecule has 2 heterocycles. The van der Waals surface area contributed by atoms with Crippen molar-refractivity contribution in [1.29, 1.82) is 0 Å². The second-order valence-electron chi connectivity index (χ2n) is 8.19. The molecular weight excluding hydrogens is 411 g/mol. The predicted octanol–water partition coefficient (Wildman–Crippen LogP) is 4.64. The Morgan fingerprint density at radius 1 is 1.00 bits per heavy atom.